The molecular weight excluding hydrogens is 276 g/mol. The number of carbonyl (C=O) groups excluding carboxylic acids is 1. The van der Waals surface area contributed by atoms with Crippen molar-refractivity contribution in [2.45, 2.75) is 13.3 Å². The fraction of sp³-hybridized carbons (Fsp3) is 0.214. The highest BCUT2D eigenvalue weighted by Gasteiger charge is 2.25. The standard InChI is InChI=1S/C14H13ClN4O/c1-9(20)19-8-6-10-3-2-4-11(13(10)19)17-12-5-7-16-14(15)18-12/h2-5,7H,6,8H2,1H3,(H,16,17,18). The Balaban J connectivity index is 1.99. The highest BCUT2D eigenvalue weighted by atomic mass is 35.5. The Morgan fingerprint density at radius 2 is 2.25 bits per heavy atom. The summed E-state index contributed by atoms with van der Waals surface area (Å²) in [5, 5.41) is 3.39. The van der Waals surface area contributed by atoms with E-state index < -0.39 is 0 Å². The number of benzene rings is 1. The summed E-state index contributed by atoms with van der Waals surface area (Å²) >= 11 is 5.78. The summed E-state index contributed by atoms with van der Waals surface area (Å²) in [5.74, 6) is 0.646. The molecular formula is C14H13ClN4O. The van der Waals surface area contributed by atoms with Crippen molar-refractivity contribution in [3.8, 4) is 0 Å². The molecule has 1 aromatic carbocycles. The zero-order valence-corrected chi connectivity index (χ0v) is 11.7. The molecule has 0 spiro atoms. The summed E-state index contributed by atoms with van der Waals surface area (Å²) in [5.41, 5.74) is 2.94. The number of hydrogen-bond acceptors (Lipinski definition) is 4. The lowest BCUT2D eigenvalue weighted by Crippen LogP contribution is -2.26. The number of amides is 1. The molecule has 1 N–H and O–H groups in total. The van der Waals surface area contributed by atoms with E-state index in [0.29, 0.717) is 12.4 Å². The van der Waals surface area contributed by atoms with Crippen LogP contribution in [0.4, 0.5) is 17.2 Å². The second-order valence-corrected chi connectivity index (χ2v) is 4.91. The van der Waals surface area contributed by atoms with Gasteiger partial charge in [0.25, 0.3) is 0 Å². The van der Waals surface area contributed by atoms with Crippen LogP contribution in [0.5, 0.6) is 0 Å². The SMILES string of the molecule is CC(=O)N1CCc2cccc(Nc3ccnc(Cl)n3)c21. The van der Waals surface area contributed by atoms with Crippen molar-refractivity contribution in [2.75, 3.05) is 16.8 Å². The van der Waals surface area contributed by atoms with Crippen LogP contribution in [0.1, 0.15) is 12.5 Å². The molecule has 1 aliphatic rings. The number of hydrogen-bond donors (Lipinski definition) is 1. The molecule has 3 rings (SSSR count). The molecule has 1 aromatic heterocycles. The highest BCUT2D eigenvalue weighted by Crippen LogP contribution is 2.36. The van der Waals surface area contributed by atoms with Crippen molar-refractivity contribution in [3.05, 3.63) is 41.3 Å². The quantitative estimate of drug-likeness (QED) is 0.863. The van der Waals surface area contributed by atoms with Gasteiger partial charge in [-0.05, 0) is 35.7 Å². The highest BCUT2D eigenvalue weighted by molar-refractivity contribution is 6.28. The summed E-state index contributed by atoms with van der Waals surface area (Å²) in [6, 6.07) is 7.67. The van der Waals surface area contributed by atoms with E-state index in [2.05, 4.69) is 15.3 Å². The molecule has 5 nitrogen and oxygen atoms in total. The van der Waals surface area contributed by atoms with E-state index in [9.17, 15) is 4.79 Å². The third kappa shape index (κ3) is 2.32. The van der Waals surface area contributed by atoms with Gasteiger partial charge in [0.2, 0.25) is 11.2 Å². The predicted octanol–water partition coefficient (Wildman–Crippen LogP) is 2.78. The van der Waals surface area contributed by atoms with Crippen molar-refractivity contribution in [3.63, 3.8) is 0 Å². The summed E-state index contributed by atoms with van der Waals surface area (Å²) in [6.07, 6.45) is 2.46. The van der Waals surface area contributed by atoms with E-state index in [1.54, 1.807) is 24.1 Å². The maximum absolute atomic E-state index is 11.7. The first-order valence-corrected chi connectivity index (χ1v) is 6.68. The molecule has 1 amide bonds. The summed E-state index contributed by atoms with van der Waals surface area (Å²) in [4.78, 5) is 21.4. The van der Waals surface area contributed by atoms with Gasteiger partial charge in [-0.25, -0.2) is 9.97 Å². The number of nitrogens with zero attached hydrogens (tertiary/aromatic N) is 3. The predicted molar refractivity (Wildman–Crippen MR) is 78.5 cm³/mol. The first-order chi connectivity index (χ1) is 9.65. The molecule has 102 valence electrons. The van der Waals surface area contributed by atoms with Crippen LogP contribution in [0, 0.1) is 0 Å². The van der Waals surface area contributed by atoms with Gasteiger partial charge in [-0.2, -0.15) is 0 Å². The fourth-order valence-electron chi connectivity index (χ4n) is 2.41. The maximum atomic E-state index is 11.7. The van der Waals surface area contributed by atoms with E-state index >= 15 is 0 Å². The van der Waals surface area contributed by atoms with Crippen LogP contribution in [0.3, 0.4) is 0 Å². The van der Waals surface area contributed by atoms with Gasteiger partial charge in [0.15, 0.2) is 0 Å². The van der Waals surface area contributed by atoms with Crippen molar-refractivity contribution >= 4 is 34.7 Å². The smallest absolute Gasteiger partial charge is 0.224 e. The number of anilines is 3. The van der Waals surface area contributed by atoms with Crippen LogP contribution < -0.4 is 10.2 Å². The van der Waals surface area contributed by atoms with Crippen LogP contribution in [-0.4, -0.2) is 22.4 Å². The molecule has 0 bridgehead atoms. The Morgan fingerprint density at radius 1 is 1.40 bits per heavy atom. The van der Waals surface area contributed by atoms with E-state index in [-0.39, 0.29) is 11.2 Å². The Morgan fingerprint density at radius 3 is 3.00 bits per heavy atom. The second kappa shape index (κ2) is 5.09. The van der Waals surface area contributed by atoms with Gasteiger partial charge in [-0.15, -0.1) is 0 Å². The number of rotatable bonds is 2. The zero-order valence-electron chi connectivity index (χ0n) is 10.9. The average Bonchev–Trinajstić information content (AvgIpc) is 2.84. The molecule has 0 unspecified atom stereocenters. The first-order valence-electron chi connectivity index (χ1n) is 6.31. The fourth-order valence-corrected chi connectivity index (χ4v) is 2.56. The molecule has 6 heteroatoms. The van der Waals surface area contributed by atoms with Crippen molar-refractivity contribution in [2.24, 2.45) is 0 Å². The summed E-state index contributed by atoms with van der Waals surface area (Å²) < 4.78 is 0. The van der Waals surface area contributed by atoms with E-state index in [4.69, 9.17) is 11.6 Å². The normalized spacial score (nSPS) is 13.2. The first kappa shape index (κ1) is 12.9. The molecule has 20 heavy (non-hydrogen) atoms. The van der Waals surface area contributed by atoms with Crippen LogP contribution in [0.2, 0.25) is 5.28 Å². The number of carbonyl (C=O) groups is 1. The van der Waals surface area contributed by atoms with Gasteiger partial charge in [-0.3, -0.25) is 4.79 Å². The number of halogens is 1. The molecule has 1 aliphatic heterocycles. The summed E-state index contributed by atoms with van der Waals surface area (Å²) in [7, 11) is 0. The number of fused-ring (bicyclic) bond motifs is 1. The van der Waals surface area contributed by atoms with Gasteiger partial charge in [-0.1, -0.05) is 12.1 Å². The zero-order chi connectivity index (χ0) is 14.1. The molecule has 0 fully saturated rings. The van der Waals surface area contributed by atoms with Crippen molar-refractivity contribution in [1.29, 1.82) is 0 Å². The van der Waals surface area contributed by atoms with Crippen LogP contribution >= 0.6 is 11.6 Å². The Bertz CT molecular complexity index is 674. The lowest BCUT2D eigenvalue weighted by Gasteiger charge is -2.19. The molecule has 0 aliphatic carbocycles. The number of para-hydroxylation sites is 1. The third-order valence-electron chi connectivity index (χ3n) is 3.26. The van der Waals surface area contributed by atoms with Crippen molar-refractivity contribution < 1.29 is 4.79 Å². The largest absolute Gasteiger partial charge is 0.338 e. The minimum Gasteiger partial charge on any atom is -0.338 e. The van der Waals surface area contributed by atoms with Crippen LogP contribution in [0.15, 0.2) is 30.5 Å². The van der Waals surface area contributed by atoms with Gasteiger partial charge < -0.3 is 10.2 Å². The minimum atomic E-state index is 0.0405. The number of nitrogens with one attached hydrogen (secondary N) is 1. The molecule has 0 radical (unpaired) electrons. The molecule has 0 saturated carbocycles. The topological polar surface area (TPSA) is 58.1 Å². The minimum absolute atomic E-state index is 0.0405. The lowest BCUT2D eigenvalue weighted by atomic mass is 10.1. The van der Waals surface area contributed by atoms with Gasteiger partial charge in [0.1, 0.15) is 5.82 Å². The Kier molecular flexibility index (Phi) is 3.28. The second-order valence-electron chi connectivity index (χ2n) is 4.57. The molecule has 0 atom stereocenters. The maximum Gasteiger partial charge on any atom is 0.224 e. The van der Waals surface area contributed by atoms with Crippen molar-refractivity contribution in [1.82, 2.24) is 9.97 Å². The van der Waals surface area contributed by atoms with Gasteiger partial charge in [0, 0.05) is 19.7 Å². The van der Waals surface area contributed by atoms with Crippen LogP contribution in [0.25, 0.3) is 0 Å². The monoisotopic (exact) mass is 288 g/mol. The van der Waals surface area contributed by atoms with E-state index in [1.165, 1.54) is 0 Å². The van der Waals surface area contributed by atoms with Crippen LogP contribution in [-0.2, 0) is 11.2 Å². The molecule has 2 heterocycles. The van der Waals surface area contributed by atoms with E-state index in [1.807, 2.05) is 18.2 Å². The summed E-state index contributed by atoms with van der Waals surface area (Å²) in [6.45, 7) is 2.29. The lowest BCUT2D eigenvalue weighted by molar-refractivity contribution is -0.116. The Hall–Kier alpha value is -2.14. The Labute approximate surface area is 121 Å². The number of aromatic nitrogens is 2. The van der Waals surface area contributed by atoms with Gasteiger partial charge in [0.05, 0.1) is 11.4 Å². The average molecular weight is 289 g/mol. The third-order valence-corrected chi connectivity index (χ3v) is 3.45. The molecule has 0 saturated heterocycles. The molecule has 2 aromatic rings. The van der Waals surface area contributed by atoms with E-state index in [0.717, 1.165) is 23.4 Å². The van der Waals surface area contributed by atoms with Gasteiger partial charge >= 0.3 is 0 Å².